The minimum atomic E-state index is 0.254. The molecular weight excluding hydrogens is 340 g/mol. The smallest absolute Gasteiger partial charge is 0.0972 e. The molecule has 5 rings (SSSR count). The van der Waals surface area contributed by atoms with E-state index in [-0.39, 0.29) is 5.92 Å². The lowest BCUT2D eigenvalue weighted by atomic mass is 9.96. The van der Waals surface area contributed by atoms with Crippen molar-refractivity contribution in [2.75, 3.05) is 0 Å². The Labute approximate surface area is 165 Å². The van der Waals surface area contributed by atoms with Gasteiger partial charge in [0.15, 0.2) is 0 Å². The fraction of sp³-hybridized carbons (Fsp3) is 0.154. The van der Waals surface area contributed by atoms with Gasteiger partial charge in [0.1, 0.15) is 0 Å². The highest BCUT2D eigenvalue weighted by Crippen LogP contribution is 2.31. The summed E-state index contributed by atoms with van der Waals surface area (Å²) in [6.07, 6.45) is 8.52. The topological polar surface area (TPSA) is 25.8 Å². The molecule has 0 saturated carbocycles. The molecule has 28 heavy (non-hydrogen) atoms. The Bertz CT molecular complexity index is 1260. The van der Waals surface area contributed by atoms with Gasteiger partial charge >= 0.3 is 0 Å². The van der Waals surface area contributed by atoms with Gasteiger partial charge in [0.05, 0.1) is 22.4 Å². The Kier molecular flexibility index (Phi) is 3.87. The molecular formula is C26H22N2. The van der Waals surface area contributed by atoms with Gasteiger partial charge in [-0.2, -0.15) is 0 Å². The molecule has 2 heterocycles. The van der Waals surface area contributed by atoms with E-state index >= 15 is 0 Å². The van der Waals surface area contributed by atoms with E-state index in [2.05, 4.69) is 93.6 Å². The third-order valence-electron chi connectivity index (χ3n) is 5.56. The number of benzene rings is 2. The van der Waals surface area contributed by atoms with E-state index < -0.39 is 0 Å². The fourth-order valence-electron chi connectivity index (χ4n) is 4.32. The standard InChI is InChI=1S/C26H22N2/c1-16-14-17(2)24(18(3)15-16)23-13-11-21-9-8-20-10-12-22(19-6-4-5-7-19)27-25(20)26(21)28-23/h4-15,19H,1-3H3. The molecule has 1 aliphatic carbocycles. The Balaban J connectivity index is 1.76. The van der Waals surface area contributed by atoms with Crippen molar-refractivity contribution >= 4 is 21.8 Å². The quantitative estimate of drug-likeness (QED) is 0.376. The summed E-state index contributed by atoms with van der Waals surface area (Å²) in [5, 5.41) is 2.25. The molecule has 2 aromatic carbocycles. The van der Waals surface area contributed by atoms with Crippen molar-refractivity contribution in [3.8, 4) is 11.3 Å². The number of aromatic nitrogens is 2. The predicted octanol–water partition coefficient (Wildman–Crippen LogP) is 6.58. The summed E-state index contributed by atoms with van der Waals surface area (Å²) >= 11 is 0. The van der Waals surface area contributed by atoms with Gasteiger partial charge in [-0.05, 0) is 44.0 Å². The SMILES string of the molecule is Cc1cc(C)c(-c2ccc3ccc4ccc(C5C=CC=C5)nc4c3n2)c(C)c1. The zero-order valence-electron chi connectivity index (χ0n) is 16.4. The van der Waals surface area contributed by atoms with E-state index in [1.54, 1.807) is 0 Å². The molecule has 0 spiro atoms. The van der Waals surface area contributed by atoms with Gasteiger partial charge in [0.25, 0.3) is 0 Å². The maximum Gasteiger partial charge on any atom is 0.0972 e. The van der Waals surface area contributed by atoms with Crippen molar-refractivity contribution in [1.29, 1.82) is 0 Å². The van der Waals surface area contributed by atoms with Crippen LogP contribution in [0.2, 0.25) is 0 Å². The van der Waals surface area contributed by atoms with Gasteiger partial charge in [-0.15, -0.1) is 0 Å². The van der Waals surface area contributed by atoms with E-state index in [9.17, 15) is 0 Å². The molecule has 0 fully saturated rings. The number of aryl methyl sites for hydroxylation is 3. The molecule has 2 heteroatoms. The molecule has 0 N–H and O–H groups in total. The fourth-order valence-corrected chi connectivity index (χ4v) is 4.32. The van der Waals surface area contributed by atoms with E-state index in [0.29, 0.717) is 0 Å². The van der Waals surface area contributed by atoms with Crippen LogP contribution in [0.5, 0.6) is 0 Å². The summed E-state index contributed by atoms with van der Waals surface area (Å²) in [5.41, 5.74) is 9.08. The third-order valence-corrected chi connectivity index (χ3v) is 5.56. The number of hydrogen-bond acceptors (Lipinski definition) is 2. The molecule has 136 valence electrons. The lowest BCUT2D eigenvalue weighted by Crippen LogP contribution is -1.97. The summed E-state index contributed by atoms with van der Waals surface area (Å²) in [6, 6.07) is 17.3. The molecule has 0 amide bonds. The monoisotopic (exact) mass is 362 g/mol. The zero-order valence-corrected chi connectivity index (χ0v) is 16.4. The third kappa shape index (κ3) is 2.73. The van der Waals surface area contributed by atoms with Crippen molar-refractivity contribution in [2.45, 2.75) is 26.7 Å². The van der Waals surface area contributed by atoms with Crippen LogP contribution in [0.1, 0.15) is 28.3 Å². The van der Waals surface area contributed by atoms with Crippen LogP contribution in [0, 0.1) is 20.8 Å². The normalized spacial score (nSPS) is 13.8. The van der Waals surface area contributed by atoms with Gasteiger partial charge in [-0.1, -0.05) is 66.3 Å². The maximum atomic E-state index is 5.09. The number of hydrogen-bond donors (Lipinski definition) is 0. The second-order valence-corrected chi connectivity index (χ2v) is 7.71. The highest BCUT2D eigenvalue weighted by molar-refractivity contribution is 6.03. The molecule has 2 aromatic heterocycles. The lowest BCUT2D eigenvalue weighted by molar-refractivity contribution is 1.03. The molecule has 0 aliphatic heterocycles. The van der Waals surface area contributed by atoms with Crippen molar-refractivity contribution < 1.29 is 0 Å². The predicted molar refractivity (Wildman–Crippen MR) is 118 cm³/mol. The molecule has 2 nitrogen and oxygen atoms in total. The highest BCUT2D eigenvalue weighted by atomic mass is 14.8. The molecule has 0 radical (unpaired) electrons. The molecule has 4 aromatic rings. The van der Waals surface area contributed by atoms with E-state index in [0.717, 1.165) is 33.2 Å². The van der Waals surface area contributed by atoms with Crippen molar-refractivity contribution in [3.05, 3.63) is 95.2 Å². The molecule has 1 aliphatic rings. The summed E-state index contributed by atoms with van der Waals surface area (Å²) < 4.78 is 0. The first kappa shape index (κ1) is 16.9. The maximum absolute atomic E-state index is 5.09. The zero-order chi connectivity index (χ0) is 19.3. The van der Waals surface area contributed by atoms with Gasteiger partial charge in [0.2, 0.25) is 0 Å². The van der Waals surface area contributed by atoms with Crippen LogP contribution < -0.4 is 0 Å². The van der Waals surface area contributed by atoms with E-state index in [4.69, 9.17) is 9.97 Å². The Morgan fingerprint density at radius 3 is 1.93 bits per heavy atom. The van der Waals surface area contributed by atoms with E-state index in [1.165, 1.54) is 22.3 Å². The van der Waals surface area contributed by atoms with Crippen molar-refractivity contribution in [1.82, 2.24) is 9.97 Å². The number of pyridine rings is 2. The number of allylic oxidation sites excluding steroid dienone is 4. The Morgan fingerprint density at radius 2 is 1.25 bits per heavy atom. The highest BCUT2D eigenvalue weighted by Gasteiger charge is 2.13. The minimum Gasteiger partial charge on any atom is -0.250 e. The first-order valence-corrected chi connectivity index (χ1v) is 9.74. The average molecular weight is 362 g/mol. The van der Waals surface area contributed by atoms with Crippen LogP contribution in [0.15, 0.2) is 72.8 Å². The van der Waals surface area contributed by atoms with E-state index in [1.807, 2.05) is 0 Å². The lowest BCUT2D eigenvalue weighted by Gasteiger charge is -2.13. The summed E-state index contributed by atoms with van der Waals surface area (Å²) in [5.74, 6) is 0.254. The Morgan fingerprint density at radius 1 is 0.679 bits per heavy atom. The van der Waals surface area contributed by atoms with Crippen molar-refractivity contribution in [2.24, 2.45) is 0 Å². The molecule has 0 bridgehead atoms. The van der Waals surface area contributed by atoms with Crippen LogP contribution in [0.25, 0.3) is 33.1 Å². The van der Waals surface area contributed by atoms with Gasteiger partial charge in [-0.25, -0.2) is 9.97 Å². The van der Waals surface area contributed by atoms with Gasteiger partial charge in [-0.3, -0.25) is 0 Å². The second-order valence-electron chi connectivity index (χ2n) is 7.71. The Hall–Kier alpha value is -3.26. The van der Waals surface area contributed by atoms with Crippen LogP contribution in [-0.2, 0) is 0 Å². The molecule has 0 unspecified atom stereocenters. The summed E-state index contributed by atoms with van der Waals surface area (Å²) in [4.78, 5) is 10.1. The average Bonchev–Trinajstić information content (AvgIpc) is 3.21. The largest absolute Gasteiger partial charge is 0.250 e. The second kappa shape index (κ2) is 6.42. The first-order valence-electron chi connectivity index (χ1n) is 9.74. The minimum absolute atomic E-state index is 0.254. The van der Waals surface area contributed by atoms with Crippen LogP contribution in [-0.4, -0.2) is 9.97 Å². The van der Waals surface area contributed by atoms with Gasteiger partial charge < -0.3 is 0 Å². The summed E-state index contributed by atoms with van der Waals surface area (Å²) in [7, 11) is 0. The first-order chi connectivity index (χ1) is 13.6. The van der Waals surface area contributed by atoms with Crippen LogP contribution >= 0.6 is 0 Å². The number of nitrogens with zero attached hydrogens (tertiary/aromatic N) is 2. The van der Waals surface area contributed by atoms with Crippen LogP contribution in [0.3, 0.4) is 0 Å². The number of fused-ring (bicyclic) bond motifs is 3. The summed E-state index contributed by atoms with van der Waals surface area (Å²) in [6.45, 7) is 6.47. The molecule has 0 saturated heterocycles. The van der Waals surface area contributed by atoms with Crippen LogP contribution in [0.4, 0.5) is 0 Å². The van der Waals surface area contributed by atoms with Crippen molar-refractivity contribution in [3.63, 3.8) is 0 Å². The van der Waals surface area contributed by atoms with Gasteiger partial charge in [0, 0.05) is 22.3 Å². The number of rotatable bonds is 2. The molecule has 0 atom stereocenters.